The number of piperidine rings is 1. The van der Waals surface area contributed by atoms with Gasteiger partial charge in [-0.3, -0.25) is 14.5 Å². The Balaban J connectivity index is 1.35. The molecule has 2 N–H and O–H groups in total. The van der Waals surface area contributed by atoms with E-state index in [1.54, 1.807) is 6.92 Å². The van der Waals surface area contributed by atoms with Gasteiger partial charge in [0.2, 0.25) is 0 Å². The SMILES string of the molecule is CC(O)C(=O)C1CCCCN1CCc1ccc2c(c1)CO/C2=C1/C(=O)Nc2ccccc21. The monoisotopic (exact) mass is 432 g/mol. The molecular weight excluding hydrogens is 404 g/mol. The number of fused-ring (bicyclic) bond motifs is 2. The molecule has 3 heterocycles. The summed E-state index contributed by atoms with van der Waals surface area (Å²) >= 11 is 0. The van der Waals surface area contributed by atoms with Crippen LogP contribution in [0.3, 0.4) is 0 Å². The minimum absolute atomic E-state index is 0.0709. The fourth-order valence-corrected chi connectivity index (χ4v) is 5.05. The Morgan fingerprint density at radius 1 is 1.22 bits per heavy atom. The largest absolute Gasteiger partial charge is 0.487 e. The van der Waals surface area contributed by atoms with Gasteiger partial charge in [0.05, 0.1) is 11.6 Å². The van der Waals surface area contributed by atoms with Gasteiger partial charge in [-0.2, -0.15) is 0 Å². The highest BCUT2D eigenvalue weighted by atomic mass is 16.5. The molecule has 32 heavy (non-hydrogen) atoms. The Morgan fingerprint density at radius 3 is 2.91 bits per heavy atom. The van der Waals surface area contributed by atoms with Crippen LogP contribution < -0.4 is 5.32 Å². The molecule has 0 bridgehead atoms. The lowest BCUT2D eigenvalue weighted by molar-refractivity contribution is -0.133. The molecule has 2 atom stereocenters. The van der Waals surface area contributed by atoms with Crippen LogP contribution >= 0.6 is 0 Å². The molecule has 1 saturated heterocycles. The lowest BCUT2D eigenvalue weighted by Crippen LogP contribution is -2.48. The van der Waals surface area contributed by atoms with Gasteiger partial charge in [0.15, 0.2) is 5.78 Å². The van der Waals surface area contributed by atoms with Crippen LogP contribution in [0.15, 0.2) is 42.5 Å². The van der Waals surface area contributed by atoms with Crippen LogP contribution in [0.4, 0.5) is 5.69 Å². The number of anilines is 1. The van der Waals surface area contributed by atoms with Gasteiger partial charge in [-0.1, -0.05) is 42.8 Å². The highest BCUT2D eigenvalue weighted by Gasteiger charge is 2.33. The van der Waals surface area contributed by atoms with Gasteiger partial charge in [0.25, 0.3) is 5.91 Å². The third-order valence-corrected chi connectivity index (χ3v) is 6.73. The fraction of sp³-hybridized carbons (Fsp3) is 0.385. The topological polar surface area (TPSA) is 78.9 Å². The maximum atomic E-state index is 12.6. The normalized spacial score (nSPS) is 23.3. The minimum atomic E-state index is -0.915. The Hall–Kier alpha value is -2.96. The number of likely N-dealkylation sites (tertiary alicyclic amines) is 1. The van der Waals surface area contributed by atoms with Gasteiger partial charge < -0.3 is 15.2 Å². The lowest BCUT2D eigenvalue weighted by Gasteiger charge is -2.35. The van der Waals surface area contributed by atoms with Crippen molar-refractivity contribution < 1.29 is 19.4 Å². The summed E-state index contributed by atoms with van der Waals surface area (Å²) in [6.45, 7) is 3.68. The zero-order valence-corrected chi connectivity index (χ0v) is 18.3. The number of rotatable bonds is 5. The summed E-state index contributed by atoms with van der Waals surface area (Å²) in [6.07, 6.45) is 2.85. The molecule has 1 amide bonds. The first-order valence-corrected chi connectivity index (χ1v) is 11.4. The van der Waals surface area contributed by atoms with Crippen molar-refractivity contribution in [3.8, 4) is 0 Å². The molecule has 6 heteroatoms. The van der Waals surface area contributed by atoms with Crippen LogP contribution in [-0.2, 0) is 27.4 Å². The van der Waals surface area contributed by atoms with E-state index in [0.29, 0.717) is 17.9 Å². The number of carbonyl (C=O) groups excluding carboxylic acids is 2. The first-order chi connectivity index (χ1) is 15.5. The first kappa shape index (κ1) is 20.9. The lowest BCUT2D eigenvalue weighted by atomic mass is 9.95. The van der Waals surface area contributed by atoms with Gasteiger partial charge in [-0.15, -0.1) is 0 Å². The Labute approximate surface area is 187 Å². The molecule has 0 saturated carbocycles. The number of aliphatic hydroxyl groups is 1. The zero-order valence-electron chi connectivity index (χ0n) is 18.3. The predicted octanol–water partition coefficient (Wildman–Crippen LogP) is 3.38. The van der Waals surface area contributed by atoms with Gasteiger partial charge in [-0.25, -0.2) is 0 Å². The van der Waals surface area contributed by atoms with Gasteiger partial charge in [-0.05, 0) is 44.4 Å². The molecule has 0 spiro atoms. The number of ether oxygens (including phenoxy) is 1. The quantitative estimate of drug-likeness (QED) is 0.708. The van der Waals surface area contributed by atoms with E-state index in [4.69, 9.17) is 4.74 Å². The van der Waals surface area contributed by atoms with Crippen molar-refractivity contribution in [1.29, 1.82) is 0 Å². The number of carbonyl (C=O) groups is 2. The standard InChI is InChI=1S/C26H28N2O4/c1-16(29)24(30)22-8-4-5-12-28(22)13-11-17-9-10-19-18(14-17)15-32-25(19)23-20-6-2-3-7-21(20)27-26(23)31/h2-3,6-7,9-10,14,16,22,29H,4-5,8,11-13,15H2,1H3,(H,27,31)/b25-23+. The van der Waals surface area contributed by atoms with Crippen molar-refractivity contribution in [2.75, 3.05) is 18.4 Å². The Kier molecular flexibility index (Phi) is 5.57. The molecule has 3 aliphatic heterocycles. The third-order valence-electron chi connectivity index (χ3n) is 6.73. The molecule has 3 aliphatic rings. The second-order valence-electron chi connectivity index (χ2n) is 8.86. The van der Waals surface area contributed by atoms with E-state index in [1.165, 1.54) is 5.56 Å². The minimum Gasteiger partial charge on any atom is -0.487 e. The molecule has 0 aromatic heterocycles. The van der Waals surface area contributed by atoms with Crippen molar-refractivity contribution in [3.63, 3.8) is 0 Å². The average molecular weight is 433 g/mol. The van der Waals surface area contributed by atoms with E-state index in [9.17, 15) is 14.7 Å². The number of para-hydroxylation sites is 1. The second kappa shape index (κ2) is 8.52. The summed E-state index contributed by atoms with van der Waals surface area (Å²) in [5.41, 5.74) is 5.52. The number of ketones is 1. The number of nitrogens with one attached hydrogen (secondary N) is 1. The number of Topliss-reactive ketones (excluding diaryl/α,β-unsaturated/α-hetero) is 1. The molecule has 2 aromatic rings. The molecular formula is C26H28N2O4. The molecule has 5 rings (SSSR count). The second-order valence-corrected chi connectivity index (χ2v) is 8.86. The van der Waals surface area contributed by atoms with E-state index in [2.05, 4.69) is 22.3 Å². The fourth-order valence-electron chi connectivity index (χ4n) is 5.05. The summed E-state index contributed by atoms with van der Waals surface area (Å²) in [4.78, 5) is 27.2. The molecule has 0 radical (unpaired) electrons. The highest BCUT2D eigenvalue weighted by Crippen LogP contribution is 2.41. The molecule has 1 fully saturated rings. The van der Waals surface area contributed by atoms with Crippen LogP contribution in [0.2, 0.25) is 0 Å². The van der Waals surface area contributed by atoms with Gasteiger partial charge in [0.1, 0.15) is 18.5 Å². The first-order valence-electron chi connectivity index (χ1n) is 11.4. The van der Waals surface area contributed by atoms with Crippen LogP contribution in [0.25, 0.3) is 11.3 Å². The third kappa shape index (κ3) is 3.74. The summed E-state index contributed by atoms with van der Waals surface area (Å²) in [5, 5.41) is 12.7. The average Bonchev–Trinajstić information content (AvgIpc) is 3.36. The summed E-state index contributed by atoms with van der Waals surface area (Å²) < 4.78 is 5.99. The number of nitrogens with zero attached hydrogens (tertiary/aromatic N) is 1. The maximum Gasteiger partial charge on any atom is 0.260 e. The van der Waals surface area contributed by atoms with E-state index in [1.807, 2.05) is 30.3 Å². The van der Waals surface area contributed by atoms with Gasteiger partial charge in [0, 0.05) is 28.9 Å². The number of hydrogen-bond acceptors (Lipinski definition) is 5. The maximum absolute atomic E-state index is 12.6. The van der Waals surface area contributed by atoms with Crippen molar-refractivity contribution >= 4 is 28.7 Å². The van der Waals surface area contributed by atoms with Crippen LogP contribution in [-0.4, -0.2) is 46.9 Å². The van der Waals surface area contributed by atoms with Crippen molar-refractivity contribution in [2.24, 2.45) is 0 Å². The molecule has 0 aliphatic carbocycles. The van der Waals surface area contributed by atoms with Crippen molar-refractivity contribution in [3.05, 3.63) is 64.7 Å². The summed E-state index contributed by atoms with van der Waals surface area (Å²) in [6, 6.07) is 13.8. The predicted molar refractivity (Wildman–Crippen MR) is 123 cm³/mol. The van der Waals surface area contributed by atoms with E-state index in [-0.39, 0.29) is 17.7 Å². The number of benzene rings is 2. The molecule has 2 aromatic carbocycles. The number of amides is 1. The van der Waals surface area contributed by atoms with E-state index >= 15 is 0 Å². The molecule has 6 nitrogen and oxygen atoms in total. The Bertz CT molecular complexity index is 1100. The summed E-state index contributed by atoms with van der Waals surface area (Å²) in [7, 11) is 0. The zero-order chi connectivity index (χ0) is 22.2. The van der Waals surface area contributed by atoms with Crippen molar-refractivity contribution in [2.45, 2.75) is 51.4 Å². The number of aliphatic hydroxyl groups excluding tert-OH is 1. The Morgan fingerprint density at radius 2 is 2.06 bits per heavy atom. The molecule has 2 unspecified atom stereocenters. The van der Waals surface area contributed by atoms with Gasteiger partial charge >= 0.3 is 0 Å². The number of hydrogen-bond donors (Lipinski definition) is 2. The molecule has 166 valence electrons. The van der Waals surface area contributed by atoms with Crippen molar-refractivity contribution in [1.82, 2.24) is 4.90 Å². The van der Waals surface area contributed by atoms with Crippen LogP contribution in [0.1, 0.15) is 48.4 Å². The smallest absolute Gasteiger partial charge is 0.260 e. The van der Waals surface area contributed by atoms with E-state index < -0.39 is 6.10 Å². The van der Waals surface area contributed by atoms with Crippen LogP contribution in [0.5, 0.6) is 0 Å². The highest BCUT2D eigenvalue weighted by molar-refractivity contribution is 6.36. The van der Waals surface area contributed by atoms with Crippen LogP contribution in [0, 0.1) is 0 Å². The summed E-state index contributed by atoms with van der Waals surface area (Å²) in [5.74, 6) is 0.447. The van der Waals surface area contributed by atoms with E-state index in [0.717, 1.165) is 61.2 Å².